The molecule has 1 unspecified atom stereocenters. The van der Waals surface area contributed by atoms with E-state index in [1.54, 1.807) is 0 Å². The lowest BCUT2D eigenvalue weighted by molar-refractivity contribution is 0.451. The van der Waals surface area contributed by atoms with Crippen LogP contribution in [-0.2, 0) is 12.8 Å². The molecule has 0 aliphatic rings. The van der Waals surface area contributed by atoms with Gasteiger partial charge in [0.2, 0.25) is 0 Å². The highest BCUT2D eigenvalue weighted by molar-refractivity contribution is 5.14. The summed E-state index contributed by atoms with van der Waals surface area (Å²) in [6.07, 6.45) is 9.77. The zero-order valence-electron chi connectivity index (χ0n) is 13.0. The first-order valence-corrected chi connectivity index (χ1v) is 8.04. The Morgan fingerprint density at radius 3 is 2.33 bits per heavy atom. The highest BCUT2D eigenvalue weighted by atomic mass is 14.9. The van der Waals surface area contributed by atoms with Gasteiger partial charge >= 0.3 is 0 Å². The van der Waals surface area contributed by atoms with E-state index in [-0.39, 0.29) is 0 Å². The minimum absolute atomic E-state index is 0.617. The fraction of sp³-hybridized carbons (Fsp3) is 0.421. The van der Waals surface area contributed by atoms with Crippen LogP contribution in [0.5, 0.6) is 0 Å². The van der Waals surface area contributed by atoms with Gasteiger partial charge in [-0.05, 0) is 61.9 Å². The average molecular weight is 282 g/mol. The van der Waals surface area contributed by atoms with Gasteiger partial charge < -0.3 is 5.32 Å². The van der Waals surface area contributed by atoms with E-state index in [1.165, 1.54) is 36.8 Å². The van der Waals surface area contributed by atoms with Crippen molar-refractivity contribution >= 4 is 0 Å². The van der Waals surface area contributed by atoms with E-state index >= 15 is 0 Å². The zero-order valence-corrected chi connectivity index (χ0v) is 13.0. The second-order valence-electron chi connectivity index (χ2n) is 5.53. The lowest BCUT2D eigenvalue weighted by Gasteiger charge is -2.18. The Morgan fingerprint density at radius 2 is 1.62 bits per heavy atom. The first-order valence-electron chi connectivity index (χ1n) is 8.04. The zero-order chi connectivity index (χ0) is 14.8. The molecule has 21 heavy (non-hydrogen) atoms. The van der Waals surface area contributed by atoms with Crippen molar-refractivity contribution in [3.05, 3.63) is 66.0 Å². The monoisotopic (exact) mass is 282 g/mol. The molecule has 0 spiro atoms. The van der Waals surface area contributed by atoms with Gasteiger partial charge in [0, 0.05) is 18.4 Å². The number of pyridine rings is 1. The summed E-state index contributed by atoms with van der Waals surface area (Å²) in [7, 11) is 0. The van der Waals surface area contributed by atoms with Crippen molar-refractivity contribution in [3.8, 4) is 0 Å². The maximum atomic E-state index is 4.08. The first kappa shape index (κ1) is 15.7. The minimum Gasteiger partial charge on any atom is -0.314 e. The number of aryl methyl sites for hydroxylation is 2. The molecule has 2 heteroatoms. The third kappa shape index (κ3) is 6.09. The third-order valence-corrected chi connectivity index (χ3v) is 3.88. The van der Waals surface area contributed by atoms with Gasteiger partial charge in [0.1, 0.15) is 0 Å². The van der Waals surface area contributed by atoms with E-state index in [2.05, 4.69) is 59.7 Å². The quantitative estimate of drug-likeness (QED) is 0.751. The molecule has 0 fully saturated rings. The minimum atomic E-state index is 0.617. The number of hydrogen-bond acceptors (Lipinski definition) is 2. The average Bonchev–Trinajstić information content (AvgIpc) is 2.54. The molecule has 1 aromatic carbocycles. The molecule has 1 N–H and O–H groups in total. The van der Waals surface area contributed by atoms with Crippen LogP contribution >= 0.6 is 0 Å². The highest BCUT2D eigenvalue weighted by Crippen LogP contribution is 2.11. The molecule has 0 saturated carbocycles. The van der Waals surface area contributed by atoms with Gasteiger partial charge in [0.05, 0.1) is 0 Å². The van der Waals surface area contributed by atoms with Crippen LogP contribution in [0.15, 0.2) is 54.9 Å². The second kappa shape index (κ2) is 9.30. The number of nitrogens with one attached hydrogen (secondary N) is 1. The maximum absolute atomic E-state index is 4.08. The fourth-order valence-corrected chi connectivity index (χ4v) is 2.72. The lowest BCUT2D eigenvalue weighted by Crippen LogP contribution is -2.29. The van der Waals surface area contributed by atoms with Crippen molar-refractivity contribution in [1.82, 2.24) is 10.3 Å². The molecular formula is C19H26N2. The van der Waals surface area contributed by atoms with Crippen molar-refractivity contribution in [2.75, 3.05) is 6.54 Å². The van der Waals surface area contributed by atoms with E-state index in [9.17, 15) is 0 Å². The van der Waals surface area contributed by atoms with Gasteiger partial charge in [0.15, 0.2) is 0 Å². The molecule has 0 aliphatic heterocycles. The van der Waals surface area contributed by atoms with Gasteiger partial charge in [-0.3, -0.25) is 4.98 Å². The van der Waals surface area contributed by atoms with Gasteiger partial charge in [0.25, 0.3) is 0 Å². The molecule has 2 rings (SSSR count). The van der Waals surface area contributed by atoms with Crippen LogP contribution in [0.3, 0.4) is 0 Å². The van der Waals surface area contributed by atoms with Crippen LogP contribution in [-0.4, -0.2) is 17.6 Å². The highest BCUT2D eigenvalue weighted by Gasteiger charge is 2.07. The topological polar surface area (TPSA) is 24.9 Å². The molecule has 0 aliphatic carbocycles. The number of aromatic nitrogens is 1. The third-order valence-electron chi connectivity index (χ3n) is 3.88. The van der Waals surface area contributed by atoms with E-state index in [0.717, 1.165) is 13.0 Å². The van der Waals surface area contributed by atoms with Crippen LogP contribution in [0.25, 0.3) is 0 Å². The first-order chi connectivity index (χ1) is 10.4. The molecular weight excluding hydrogens is 256 g/mol. The largest absolute Gasteiger partial charge is 0.314 e. The Kier molecular flexibility index (Phi) is 6.96. The lowest BCUT2D eigenvalue weighted by atomic mass is 9.99. The predicted molar refractivity (Wildman–Crippen MR) is 89.4 cm³/mol. The summed E-state index contributed by atoms with van der Waals surface area (Å²) in [4.78, 5) is 4.08. The van der Waals surface area contributed by atoms with Gasteiger partial charge in [-0.15, -0.1) is 0 Å². The van der Waals surface area contributed by atoms with Gasteiger partial charge in [-0.1, -0.05) is 37.3 Å². The van der Waals surface area contributed by atoms with Crippen LogP contribution in [0.2, 0.25) is 0 Å². The molecule has 0 amide bonds. The standard InChI is InChI=1S/C19H26N2/c1-2-21-19(12-11-18-13-15-20-16-14-18)10-6-9-17-7-4-3-5-8-17/h3-5,7-8,13-16,19,21H,2,6,9-12H2,1H3. The summed E-state index contributed by atoms with van der Waals surface area (Å²) in [5.74, 6) is 0. The number of benzene rings is 1. The summed E-state index contributed by atoms with van der Waals surface area (Å²) in [6, 6.07) is 15.6. The van der Waals surface area contributed by atoms with Crippen molar-refractivity contribution < 1.29 is 0 Å². The maximum Gasteiger partial charge on any atom is 0.0270 e. The van der Waals surface area contributed by atoms with Crippen LogP contribution < -0.4 is 5.32 Å². The molecule has 2 nitrogen and oxygen atoms in total. The molecule has 112 valence electrons. The number of rotatable bonds is 9. The van der Waals surface area contributed by atoms with E-state index in [1.807, 2.05) is 12.4 Å². The Morgan fingerprint density at radius 1 is 0.905 bits per heavy atom. The van der Waals surface area contributed by atoms with Gasteiger partial charge in [-0.2, -0.15) is 0 Å². The Bertz CT molecular complexity index is 481. The SMILES string of the molecule is CCNC(CCCc1ccccc1)CCc1ccncc1. The van der Waals surface area contributed by atoms with Crippen molar-refractivity contribution in [3.63, 3.8) is 0 Å². The summed E-state index contributed by atoms with van der Waals surface area (Å²) in [6.45, 7) is 3.24. The number of nitrogens with zero attached hydrogens (tertiary/aromatic N) is 1. The molecule has 1 aromatic heterocycles. The van der Waals surface area contributed by atoms with Crippen LogP contribution in [0.4, 0.5) is 0 Å². The molecule has 0 bridgehead atoms. The predicted octanol–water partition coefficient (Wildman–Crippen LogP) is 4.02. The van der Waals surface area contributed by atoms with Crippen LogP contribution in [0, 0.1) is 0 Å². The summed E-state index contributed by atoms with van der Waals surface area (Å²) in [5, 5.41) is 3.62. The normalized spacial score (nSPS) is 12.2. The van der Waals surface area contributed by atoms with E-state index < -0.39 is 0 Å². The molecule has 1 heterocycles. The number of hydrogen-bond donors (Lipinski definition) is 1. The molecule has 2 aromatic rings. The summed E-state index contributed by atoms with van der Waals surface area (Å²) >= 11 is 0. The van der Waals surface area contributed by atoms with Crippen molar-refractivity contribution in [2.24, 2.45) is 0 Å². The van der Waals surface area contributed by atoms with Crippen LogP contribution in [0.1, 0.15) is 37.3 Å². The van der Waals surface area contributed by atoms with E-state index in [0.29, 0.717) is 6.04 Å². The van der Waals surface area contributed by atoms with E-state index in [4.69, 9.17) is 0 Å². The summed E-state index contributed by atoms with van der Waals surface area (Å²) < 4.78 is 0. The second-order valence-corrected chi connectivity index (χ2v) is 5.53. The van der Waals surface area contributed by atoms with Crippen molar-refractivity contribution in [1.29, 1.82) is 0 Å². The molecule has 0 radical (unpaired) electrons. The smallest absolute Gasteiger partial charge is 0.0270 e. The van der Waals surface area contributed by atoms with Gasteiger partial charge in [-0.25, -0.2) is 0 Å². The molecule has 1 atom stereocenters. The Balaban J connectivity index is 1.73. The van der Waals surface area contributed by atoms with Crippen molar-refractivity contribution in [2.45, 2.75) is 45.1 Å². The molecule has 0 saturated heterocycles. The fourth-order valence-electron chi connectivity index (χ4n) is 2.72. The summed E-state index contributed by atoms with van der Waals surface area (Å²) in [5.41, 5.74) is 2.83. The Labute approximate surface area is 128 Å². The Hall–Kier alpha value is -1.67.